The average molecular weight is 349 g/mol. The van der Waals surface area contributed by atoms with Crippen LogP contribution in [0.2, 0.25) is 5.02 Å². The predicted molar refractivity (Wildman–Crippen MR) is 95.1 cm³/mol. The normalized spacial score (nSPS) is 23.5. The molecule has 2 fully saturated rings. The van der Waals surface area contributed by atoms with Crippen LogP contribution in [0.4, 0.5) is 0 Å². The van der Waals surface area contributed by atoms with Gasteiger partial charge in [-0.25, -0.2) is 0 Å². The standard InChI is InChI=1S/C19H25ClN2O2/c20-16-9-7-15(8-10-16)19(24)21-12-11-18(23)22-13-3-5-14-4-1-2-6-17(14)22/h7-10,14,17H,1-6,11-13H2,(H,21,24)/t14-,17-/m0/s1. The fourth-order valence-corrected chi connectivity index (χ4v) is 4.19. The lowest BCUT2D eigenvalue weighted by Crippen LogP contribution is -2.50. The molecule has 2 amide bonds. The minimum Gasteiger partial charge on any atom is -0.352 e. The van der Waals surface area contributed by atoms with Gasteiger partial charge < -0.3 is 10.2 Å². The van der Waals surface area contributed by atoms with E-state index in [0.29, 0.717) is 35.5 Å². The highest BCUT2D eigenvalue weighted by molar-refractivity contribution is 6.30. The van der Waals surface area contributed by atoms with E-state index in [9.17, 15) is 9.59 Å². The first-order valence-electron chi connectivity index (χ1n) is 8.98. The highest BCUT2D eigenvalue weighted by atomic mass is 35.5. The number of carbonyl (C=O) groups is 2. The molecule has 0 aromatic heterocycles. The molecule has 1 saturated carbocycles. The second-order valence-electron chi connectivity index (χ2n) is 6.85. The molecule has 1 heterocycles. The number of nitrogens with one attached hydrogen (secondary N) is 1. The van der Waals surface area contributed by atoms with Gasteiger partial charge >= 0.3 is 0 Å². The molecule has 1 aliphatic heterocycles. The highest BCUT2D eigenvalue weighted by Crippen LogP contribution is 2.35. The Morgan fingerprint density at radius 3 is 2.58 bits per heavy atom. The van der Waals surface area contributed by atoms with Gasteiger partial charge in [0.25, 0.3) is 5.91 Å². The molecule has 1 saturated heterocycles. The van der Waals surface area contributed by atoms with Crippen LogP contribution in [0.15, 0.2) is 24.3 Å². The van der Waals surface area contributed by atoms with E-state index in [1.807, 2.05) is 0 Å². The number of hydrogen-bond acceptors (Lipinski definition) is 2. The van der Waals surface area contributed by atoms with E-state index in [4.69, 9.17) is 11.6 Å². The van der Waals surface area contributed by atoms with Gasteiger partial charge in [0.15, 0.2) is 0 Å². The third-order valence-corrected chi connectivity index (χ3v) is 5.55. The molecule has 130 valence electrons. The summed E-state index contributed by atoms with van der Waals surface area (Å²) in [5, 5.41) is 3.44. The quantitative estimate of drug-likeness (QED) is 0.903. The molecule has 0 unspecified atom stereocenters. The van der Waals surface area contributed by atoms with Crippen molar-refractivity contribution in [1.29, 1.82) is 0 Å². The number of rotatable bonds is 4. The molecule has 3 rings (SSSR count). The van der Waals surface area contributed by atoms with Gasteiger partial charge in [0.1, 0.15) is 0 Å². The monoisotopic (exact) mass is 348 g/mol. The first-order valence-corrected chi connectivity index (χ1v) is 9.36. The van der Waals surface area contributed by atoms with E-state index in [1.54, 1.807) is 24.3 Å². The van der Waals surface area contributed by atoms with Gasteiger partial charge in [0.2, 0.25) is 5.91 Å². The van der Waals surface area contributed by atoms with Gasteiger partial charge in [-0.05, 0) is 55.9 Å². The Balaban J connectivity index is 1.48. The van der Waals surface area contributed by atoms with Gasteiger partial charge in [0, 0.05) is 36.1 Å². The SMILES string of the molecule is O=C(NCCC(=O)N1CCC[C@@H]2CCCC[C@@H]21)c1ccc(Cl)cc1. The molecule has 0 spiro atoms. The van der Waals surface area contributed by atoms with Crippen molar-refractivity contribution < 1.29 is 9.59 Å². The van der Waals surface area contributed by atoms with Crippen LogP contribution in [0.3, 0.4) is 0 Å². The van der Waals surface area contributed by atoms with Crippen molar-refractivity contribution in [2.75, 3.05) is 13.1 Å². The number of benzene rings is 1. The molecule has 2 aliphatic rings. The molecule has 1 aromatic rings. The summed E-state index contributed by atoms with van der Waals surface area (Å²) < 4.78 is 0. The summed E-state index contributed by atoms with van der Waals surface area (Å²) in [4.78, 5) is 26.7. The number of fused-ring (bicyclic) bond motifs is 1. The molecule has 2 atom stereocenters. The Bertz CT molecular complexity index is 586. The zero-order chi connectivity index (χ0) is 16.9. The van der Waals surface area contributed by atoms with Crippen molar-refractivity contribution in [1.82, 2.24) is 10.2 Å². The summed E-state index contributed by atoms with van der Waals surface area (Å²) in [7, 11) is 0. The van der Waals surface area contributed by atoms with Crippen molar-refractivity contribution >= 4 is 23.4 Å². The Hall–Kier alpha value is -1.55. The average Bonchev–Trinajstić information content (AvgIpc) is 2.61. The lowest BCUT2D eigenvalue weighted by molar-refractivity contribution is -0.137. The van der Waals surface area contributed by atoms with Crippen LogP contribution in [-0.2, 0) is 4.79 Å². The number of nitrogens with zero attached hydrogens (tertiary/aromatic N) is 1. The maximum atomic E-state index is 12.6. The van der Waals surface area contributed by atoms with Crippen molar-refractivity contribution in [3.05, 3.63) is 34.9 Å². The number of halogens is 1. The third kappa shape index (κ3) is 4.10. The van der Waals surface area contributed by atoms with E-state index in [1.165, 1.54) is 25.7 Å². The van der Waals surface area contributed by atoms with Gasteiger partial charge in [-0.1, -0.05) is 24.4 Å². The Morgan fingerprint density at radius 2 is 1.79 bits per heavy atom. The van der Waals surface area contributed by atoms with E-state index < -0.39 is 0 Å². The minimum atomic E-state index is -0.159. The molecular weight excluding hydrogens is 324 g/mol. The van der Waals surface area contributed by atoms with Gasteiger partial charge in [0.05, 0.1) is 0 Å². The van der Waals surface area contributed by atoms with Gasteiger partial charge in [-0.15, -0.1) is 0 Å². The van der Waals surface area contributed by atoms with Crippen LogP contribution in [0, 0.1) is 5.92 Å². The second kappa shape index (κ2) is 8.02. The lowest BCUT2D eigenvalue weighted by Gasteiger charge is -2.44. The first-order chi connectivity index (χ1) is 11.6. The second-order valence-corrected chi connectivity index (χ2v) is 7.29. The summed E-state index contributed by atoms with van der Waals surface area (Å²) in [5.41, 5.74) is 0.567. The van der Waals surface area contributed by atoms with Crippen LogP contribution < -0.4 is 5.32 Å². The summed E-state index contributed by atoms with van der Waals surface area (Å²) in [6.45, 7) is 1.26. The Morgan fingerprint density at radius 1 is 1.08 bits per heavy atom. The van der Waals surface area contributed by atoms with Crippen LogP contribution in [-0.4, -0.2) is 35.8 Å². The zero-order valence-electron chi connectivity index (χ0n) is 14.0. The van der Waals surface area contributed by atoms with Crippen molar-refractivity contribution in [2.24, 2.45) is 5.92 Å². The van der Waals surface area contributed by atoms with Crippen LogP contribution >= 0.6 is 11.6 Å². The minimum absolute atomic E-state index is 0.159. The van der Waals surface area contributed by atoms with Crippen molar-refractivity contribution in [2.45, 2.75) is 51.0 Å². The molecule has 1 N–H and O–H groups in total. The van der Waals surface area contributed by atoms with Gasteiger partial charge in [-0.2, -0.15) is 0 Å². The van der Waals surface area contributed by atoms with Gasteiger partial charge in [-0.3, -0.25) is 9.59 Å². The molecule has 5 heteroatoms. The lowest BCUT2D eigenvalue weighted by atomic mass is 9.78. The number of hydrogen-bond donors (Lipinski definition) is 1. The fourth-order valence-electron chi connectivity index (χ4n) is 4.06. The highest BCUT2D eigenvalue weighted by Gasteiger charge is 2.35. The number of likely N-dealkylation sites (tertiary alicyclic amines) is 1. The number of piperidine rings is 1. The van der Waals surface area contributed by atoms with Crippen LogP contribution in [0.5, 0.6) is 0 Å². The Kier molecular flexibility index (Phi) is 5.77. The van der Waals surface area contributed by atoms with E-state index >= 15 is 0 Å². The fraction of sp³-hybridized carbons (Fsp3) is 0.579. The molecule has 1 aromatic carbocycles. The van der Waals surface area contributed by atoms with Crippen LogP contribution in [0.25, 0.3) is 0 Å². The molecule has 0 bridgehead atoms. The summed E-state index contributed by atoms with van der Waals surface area (Å²) >= 11 is 5.82. The van der Waals surface area contributed by atoms with Crippen LogP contribution in [0.1, 0.15) is 55.3 Å². The van der Waals surface area contributed by atoms with Crippen molar-refractivity contribution in [3.8, 4) is 0 Å². The van der Waals surface area contributed by atoms with Crippen molar-refractivity contribution in [3.63, 3.8) is 0 Å². The maximum Gasteiger partial charge on any atom is 0.251 e. The summed E-state index contributed by atoms with van der Waals surface area (Å²) in [5.74, 6) is 0.719. The van der Waals surface area contributed by atoms with E-state index in [2.05, 4.69) is 10.2 Å². The number of amides is 2. The predicted octanol–water partition coefficient (Wildman–Crippen LogP) is 3.64. The number of carbonyl (C=O) groups excluding carboxylic acids is 2. The summed E-state index contributed by atoms with van der Waals surface area (Å²) in [6, 6.07) is 7.21. The van der Waals surface area contributed by atoms with E-state index in [-0.39, 0.29) is 11.8 Å². The first kappa shape index (κ1) is 17.3. The molecule has 4 nitrogen and oxygen atoms in total. The molecule has 0 radical (unpaired) electrons. The Labute approximate surface area is 148 Å². The largest absolute Gasteiger partial charge is 0.352 e. The third-order valence-electron chi connectivity index (χ3n) is 5.29. The molecule has 1 aliphatic carbocycles. The zero-order valence-corrected chi connectivity index (χ0v) is 14.7. The maximum absolute atomic E-state index is 12.6. The van der Waals surface area contributed by atoms with E-state index in [0.717, 1.165) is 19.4 Å². The molecular formula is C19H25ClN2O2. The molecule has 24 heavy (non-hydrogen) atoms. The summed E-state index contributed by atoms with van der Waals surface area (Å²) in [6.07, 6.45) is 7.71. The topological polar surface area (TPSA) is 49.4 Å². The smallest absolute Gasteiger partial charge is 0.251 e.